The Morgan fingerprint density at radius 2 is 1.43 bits per heavy atom. The fraction of sp³-hybridized carbons (Fsp3) is 0.143. The number of benzene rings is 1. The number of methoxy groups -OCH3 is 2. The van der Waals surface area contributed by atoms with Crippen LogP contribution in [0.3, 0.4) is 0 Å². The molecule has 9 heteroatoms. The number of hydrogen-bond acceptors (Lipinski definition) is 4. The number of carbonyl (C=O) groups is 1. The summed E-state index contributed by atoms with van der Waals surface area (Å²) in [6.07, 6.45) is 0. The Labute approximate surface area is 157 Å². The number of rotatable bonds is 3. The van der Waals surface area contributed by atoms with Crippen molar-refractivity contribution in [3.05, 3.63) is 42.9 Å². The van der Waals surface area contributed by atoms with Crippen molar-refractivity contribution in [2.24, 2.45) is 0 Å². The molecule has 0 radical (unpaired) electrons. The van der Waals surface area contributed by atoms with Crippen molar-refractivity contribution in [2.45, 2.75) is 0 Å². The third kappa shape index (κ3) is 3.32. The van der Waals surface area contributed by atoms with E-state index in [4.69, 9.17) is 62.7 Å². The Hall–Kier alpha value is -0.910. The molecule has 0 aliphatic rings. The van der Waals surface area contributed by atoms with E-state index < -0.39 is 5.97 Å². The summed E-state index contributed by atoms with van der Waals surface area (Å²) < 4.78 is 9.88. The summed E-state index contributed by atoms with van der Waals surface area (Å²) in [5.41, 5.74) is 0.429. The van der Waals surface area contributed by atoms with Gasteiger partial charge in [0.25, 0.3) is 0 Å². The molecule has 2 rings (SSSR count). The fourth-order valence-electron chi connectivity index (χ4n) is 1.82. The second-order valence-corrected chi connectivity index (χ2v) is 6.07. The normalized spacial score (nSPS) is 10.6. The van der Waals surface area contributed by atoms with Gasteiger partial charge in [0.2, 0.25) is 0 Å². The molecule has 0 unspecified atom stereocenters. The van der Waals surface area contributed by atoms with Gasteiger partial charge in [0.05, 0.1) is 39.3 Å². The summed E-state index contributed by atoms with van der Waals surface area (Å²) >= 11 is 30.6. The minimum atomic E-state index is -0.632. The van der Waals surface area contributed by atoms with Crippen LogP contribution in [0.15, 0.2) is 12.1 Å². The monoisotopic (exact) mass is 413 g/mol. The maximum absolute atomic E-state index is 11.7. The van der Waals surface area contributed by atoms with Crippen molar-refractivity contribution in [3.63, 3.8) is 0 Å². The Kier molecular flexibility index (Phi) is 5.87. The summed E-state index contributed by atoms with van der Waals surface area (Å²) in [4.78, 5) is 15.9. The number of pyridine rings is 1. The van der Waals surface area contributed by atoms with Gasteiger partial charge in [-0.2, -0.15) is 0 Å². The molecule has 0 fully saturated rings. The van der Waals surface area contributed by atoms with Crippen LogP contribution in [-0.4, -0.2) is 25.2 Å². The molecule has 0 amide bonds. The molecule has 0 atom stereocenters. The third-order valence-electron chi connectivity index (χ3n) is 2.92. The van der Waals surface area contributed by atoms with Crippen LogP contribution in [-0.2, 0) is 4.74 Å². The van der Waals surface area contributed by atoms with Crippen molar-refractivity contribution < 1.29 is 14.3 Å². The largest absolute Gasteiger partial charge is 0.494 e. The van der Waals surface area contributed by atoms with Gasteiger partial charge >= 0.3 is 5.97 Å². The van der Waals surface area contributed by atoms with E-state index in [2.05, 4.69) is 9.72 Å². The predicted molar refractivity (Wildman–Crippen MR) is 92.6 cm³/mol. The molecule has 1 aromatic carbocycles. The minimum Gasteiger partial charge on any atom is -0.494 e. The number of esters is 1. The summed E-state index contributed by atoms with van der Waals surface area (Å²) in [7, 11) is 2.67. The zero-order valence-corrected chi connectivity index (χ0v) is 15.5. The number of hydrogen-bond donors (Lipinski definition) is 0. The first-order valence-corrected chi connectivity index (χ1v) is 7.87. The van der Waals surface area contributed by atoms with E-state index in [1.54, 1.807) is 0 Å². The van der Waals surface area contributed by atoms with Crippen LogP contribution < -0.4 is 4.74 Å². The van der Waals surface area contributed by atoms with E-state index >= 15 is 0 Å². The second-order valence-electron chi connectivity index (χ2n) is 4.18. The van der Waals surface area contributed by atoms with Gasteiger partial charge in [0.1, 0.15) is 17.1 Å². The van der Waals surface area contributed by atoms with Gasteiger partial charge in [-0.15, -0.1) is 0 Å². The summed E-state index contributed by atoms with van der Waals surface area (Å²) in [6.45, 7) is 0. The maximum atomic E-state index is 11.7. The number of ether oxygens (including phenoxy) is 2. The Balaban J connectivity index is 2.83. The smallest absolute Gasteiger partial charge is 0.356 e. The molecule has 0 saturated carbocycles. The molecule has 1 heterocycles. The first kappa shape index (κ1) is 18.4. The lowest BCUT2D eigenvalue weighted by Crippen LogP contribution is -2.06. The van der Waals surface area contributed by atoms with E-state index in [9.17, 15) is 4.79 Å². The SMILES string of the molecule is COC(=O)c1ccc(OC)c(-c2c(Cl)c(Cl)c(Cl)c(Cl)c2Cl)n1. The standard InChI is InChI=1S/C14H8Cl5NO3/c1-22-6-4-3-5(14(21)23-2)20-13(6)7-8(15)10(17)12(19)11(18)9(7)16/h3-4H,1-2H3. The molecule has 0 N–H and O–H groups in total. The van der Waals surface area contributed by atoms with Gasteiger partial charge in [0, 0.05) is 5.56 Å². The van der Waals surface area contributed by atoms with Crippen molar-refractivity contribution in [2.75, 3.05) is 14.2 Å². The first-order chi connectivity index (χ1) is 10.8. The highest BCUT2D eigenvalue weighted by molar-refractivity contribution is 6.56. The molecular formula is C14H8Cl5NO3. The zero-order chi connectivity index (χ0) is 17.3. The lowest BCUT2D eigenvalue weighted by molar-refractivity contribution is 0.0594. The van der Waals surface area contributed by atoms with Gasteiger partial charge in [-0.1, -0.05) is 58.0 Å². The van der Waals surface area contributed by atoms with E-state index in [0.29, 0.717) is 5.75 Å². The van der Waals surface area contributed by atoms with E-state index in [1.165, 1.54) is 26.4 Å². The van der Waals surface area contributed by atoms with Gasteiger partial charge < -0.3 is 9.47 Å². The summed E-state index contributed by atoms with van der Waals surface area (Å²) in [6, 6.07) is 2.97. The Morgan fingerprint density at radius 3 is 1.91 bits per heavy atom. The van der Waals surface area contributed by atoms with Crippen molar-refractivity contribution >= 4 is 64.0 Å². The second kappa shape index (κ2) is 7.32. The van der Waals surface area contributed by atoms with Crippen LogP contribution in [0.5, 0.6) is 5.75 Å². The number of aromatic nitrogens is 1. The van der Waals surface area contributed by atoms with E-state index in [-0.39, 0.29) is 42.1 Å². The van der Waals surface area contributed by atoms with Crippen LogP contribution in [0.25, 0.3) is 11.3 Å². The minimum absolute atomic E-state index is 0.0186. The van der Waals surface area contributed by atoms with Crippen LogP contribution >= 0.6 is 58.0 Å². The van der Waals surface area contributed by atoms with Crippen molar-refractivity contribution in [1.29, 1.82) is 0 Å². The van der Waals surface area contributed by atoms with Gasteiger partial charge in [-0.3, -0.25) is 0 Å². The number of halogens is 5. The van der Waals surface area contributed by atoms with Crippen LogP contribution in [0.1, 0.15) is 10.5 Å². The van der Waals surface area contributed by atoms with Gasteiger partial charge in [0.15, 0.2) is 0 Å². The predicted octanol–water partition coefficient (Wildman–Crippen LogP) is 5.81. The highest BCUT2D eigenvalue weighted by Crippen LogP contribution is 2.49. The molecule has 122 valence electrons. The maximum Gasteiger partial charge on any atom is 0.356 e. The van der Waals surface area contributed by atoms with Crippen LogP contribution in [0.2, 0.25) is 25.1 Å². The molecule has 0 aliphatic heterocycles. The van der Waals surface area contributed by atoms with Crippen LogP contribution in [0.4, 0.5) is 0 Å². The lowest BCUT2D eigenvalue weighted by atomic mass is 10.1. The highest BCUT2D eigenvalue weighted by atomic mass is 35.5. The fourth-order valence-corrected chi connectivity index (χ4v) is 3.14. The average molecular weight is 415 g/mol. The number of carbonyl (C=O) groups excluding carboxylic acids is 1. The molecule has 1 aromatic heterocycles. The van der Waals surface area contributed by atoms with Crippen LogP contribution in [0, 0.1) is 0 Å². The summed E-state index contributed by atoms with van der Waals surface area (Å²) in [5.74, 6) is -0.316. The Bertz CT molecular complexity index is 765. The van der Waals surface area contributed by atoms with Crippen molar-refractivity contribution in [1.82, 2.24) is 4.98 Å². The molecule has 4 nitrogen and oxygen atoms in total. The molecule has 2 aromatic rings. The molecule has 23 heavy (non-hydrogen) atoms. The molecule has 0 spiro atoms. The molecule has 0 saturated heterocycles. The molecule has 0 aliphatic carbocycles. The highest BCUT2D eigenvalue weighted by Gasteiger charge is 2.24. The van der Waals surface area contributed by atoms with Gasteiger partial charge in [-0.25, -0.2) is 9.78 Å². The third-order valence-corrected chi connectivity index (χ3v) is 5.20. The van der Waals surface area contributed by atoms with E-state index in [0.717, 1.165) is 0 Å². The van der Waals surface area contributed by atoms with E-state index in [1.807, 2.05) is 0 Å². The topological polar surface area (TPSA) is 48.4 Å². The number of nitrogens with zero attached hydrogens (tertiary/aromatic N) is 1. The van der Waals surface area contributed by atoms with Gasteiger partial charge in [-0.05, 0) is 12.1 Å². The first-order valence-electron chi connectivity index (χ1n) is 5.98. The Morgan fingerprint density at radius 1 is 0.913 bits per heavy atom. The zero-order valence-electron chi connectivity index (χ0n) is 11.7. The lowest BCUT2D eigenvalue weighted by Gasteiger charge is -2.15. The average Bonchev–Trinajstić information content (AvgIpc) is 2.57. The van der Waals surface area contributed by atoms with Crippen molar-refractivity contribution in [3.8, 4) is 17.0 Å². The molecule has 0 bridgehead atoms. The quantitative estimate of drug-likeness (QED) is 0.361. The molecular weight excluding hydrogens is 407 g/mol. The summed E-state index contributed by atoms with van der Waals surface area (Å²) in [5, 5.41) is 0.142.